The van der Waals surface area contributed by atoms with Gasteiger partial charge in [-0.1, -0.05) is 6.07 Å². The van der Waals surface area contributed by atoms with Crippen LogP contribution in [0.2, 0.25) is 0 Å². The molecule has 2 aromatic carbocycles. The van der Waals surface area contributed by atoms with Crippen molar-refractivity contribution in [3.05, 3.63) is 72.1 Å². The second-order valence-corrected chi connectivity index (χ2v) is 10.1. The quantitative estimate of drug-likeness (QED) is 0.554. The summed E-state index contributed by atoms with van der Waals surface area (Å²) in [5.74, 6) is 0.419. The fourth-order valence-electron chi connectivity index (χ4n) is 4.08. The number of carbonyl (C=O) groups is 1. The molecule has 3 aromatic rings. The Balaban J connectivity index is 1.31. The zero-order valence-electron chi connectivity index (χ0n) is 19.1. The summed E-state index contributed by atoms with van der Waals surface area (Å²) in [6, 6.07) is 11.1. The van der Waals surface area contributed by atoms with Crippen molar-refractivity contribution in [2.45, 2.75) is 31.2 Å². The Hall–Kier alpha value is -3.24. The average molecular weight is 487 g/mol. The van der Waals surface area contributed by atoms with E-state index in [4.69, 9.17) is 4.74 Å². The number of amides is 1. The SMILES string of the molecule is COc1ccc(S(=O)(=O)N2CCC(C(=O)NCc3ccc(-n4ccnc4C)c(F)c3)CC2)cc1. The molecular formula is C24H27FN4O4S. The summed E-state index contributed by atoms with van der Waals surface area (Å²) in [7, 11) is -2.10. The maximum absolute atomic E-state index is 14.6. The fraction of sp³-hybridized carbons (Fsp3) is 0.333. The average Bonchev–Trinajstić information content (AvgIpc) is 3.28. The lowest BCUT2D eigenvalue weighted by molar-refractivity contribution is -0.126. The number of ether oxygens (including phenoxy) is 1. The highest BCUT2D eigenvalue weighted by atomic mass is 32.2. The normalized spacial score (nSPS) is 15.3. The molecule has 180 valence electrons. The lowest BCUT2D eigenvalue weighted by Crippen LogP contribution is -2.42. The van der Waals surface area contributed by atoms with Gasteiger partial charge in [0.25, 0.3) is 0 Å². The van der Waals surface area contributed by atoms with Gasteiger partial charge in [-0.3, -0.25) is 4.79 Å². The second-order valence-electron chi connectivity index (χ2n) is 8.20. The number of nitrogens with zero attached hydrogens (tertiary/aromatic N) is 3. The van der Waals surface area contributed by atoms with E-state index in [-0.39, 0.29) is 36.4 Å². The second kappa shape index (κ2) is 9.94. The van der Waals surface area contributed by atoms with E-state index in [0.29, 0.717) is 35.7 Å². The van der Waals surface area contributed by atoms with Gasteiger partial charge in [0.15, 0.2) is 0 Å². The minimum atomic E-state index is -3.62. The summed E-state index contributed by atoms with van der Waals surface area (Å²) in [5, 5.41) is 2.85. The number of rotatable bonds is 7. The molecule has 10 heteroatoms. The number of hydrogen-bond donors (Lipinski definition) is 1. The Labute approximate surface area is 198 Å². The Morgan fingerprint density at radius 2 is 1.88 bits per heavy atom. The smallest absolute Gasteiger partial charge is 0.243 e. The summed E-state index contributed by atoms with van der Waals surface area (Å²) < 4.78 is 48.5. The molecule has 2 heterocycles. The van der Waals surface area contributed by atoms with Crippen LogP contribution in [0.4, 0.5) is 4.39 Å². The van der Waals surface area contributed by atoms with E-state index in [0.717, 1.165) is 0 Å². The molecule has 0 unspecified atom stereocenters. The van der Waals surface area contributed by atoms with E-state index in [1.54, 1.807) is 48.1 Å². The molecule has 0 atom stereocenters. The van der Waals surface area contributed by atoms with Gasteiger partial charge in [0.05, 0.1) is 17.7 Å². The molecule has 0 spiro atoms. The number of hydrogen-bond acceptors (Lipinski definition) is 5. The van der Waals surface area contributed by atoms with Crippen molar-refractivity contribution in [1.29, 1.82) is 0 Å². The molecule has 1 amide bonds. The van der Waals surface area contributed by atoms with Crippen molar-refractivity contribution < 1.29 is 22.3 Å². The maximum atomic E-state index is 14.6. The van der Waals surface area contributed by atoms with E-state index >= 15 is 0 Å². The molecule has 0 radical (unpaired) electrons. The molecule has 1 saturated heterocycles. The van der Waals surface area contributed by atoms with Crippen molar-refractivity contribution in [3.63, 3.8) is 0 Å². The third-order valence-electron chi connectivity index (χ3n) is 6.09. The summed E-state index contributed by atoms with van der Waals surface area (Å²) in [5.41, 5.74) is 1.04. The van der Waals surface area contributed by atoms with Gasteiger partial charge in [0.2, 0.25) is 15.9 Å². The Morgan fingerprint density at radius 3 is 2.47 bits per heavy atom. The van der Waals surface area contributed by atoms with Gasteiger partial charge in [-0.25, -0.2) is 17.8 Å². The van der Waals surface area contributed by atoms with Crippen molar-refractivity contribution in [1.82, 2.24) is 19.2 Å². The lowest BCUT2D eigenvalue weighted by Gasteiger charge is -2.30. The highest BCUT2D eigenvalue weighted by Gasteiger charge is 2.32. The van der Waals surface area contributed by atoms with Crippen LogP contribution in [0.15, 0.2) is 59.8 Å². The standard InChI is InChI=1S/C24H27FN4O4S/c1-17-26-11-14-29(17)23-8-3-18(15-22(23)25)16-27-24(30)19-9-12-28(13-10-19)34(31,32)21-6-4-20(33-2)5-7-21/h3-8,11,14-15,19H,9-10,12-13,16H2,1-2H3,(H,27,30). The first kappa shape index (κ1) is 23.9. The number of sulfonamides is 1. The van der Waals surface area contributed by atoms with Crippen LogP contribution in [-0.2, 0) is 21.4 Å². The Bertz CT molecular complexity index is 1270. The van der Waals surface area contributed by atoms with Crippen LogP contribution >= 0.6 is 0 Å². The number of piperidine rings is 1. The van der Waals surface area contributed by atoms with E-state index < -0.39 is 15.8 Å². The van der Waals surface area contributed by atoms with Gasteiger partial charge in [-0.05, 0) is 61.7 Å². The third kappa shape index (κ3) is 4.97. The van der Waals surface area contributed by atoms with E-state index in [9.17, 15) is 17.6 Å². The zero-order chi connectivity index (χ0) is 24.3. The highest BCUT2D eigenvalue weighted by Crippen LogP contribution is 2.25. The predicted octanol–water partition coefficient (Wildman–Crippen LogP) is 3.05. The first-order valence-electron chi connectivity index (χ1n) is 11.0. The van der Waals surface area contributed by atoms with Crippen molar-refractivity contribution >= 4 is 15.9 Å². The van der Waals surface area contributed by atoms with Crippen LogP contribution in [0.1, 0.15) is 24.2 Å². The number of aromatic nitrogens is 2. The number of carbonyl (C=O) groups excluding carboxylic acids is 1. The van der Waals surface area contributed by atoms with Crippen LogP contribution in [0.5, 0.6) is 5.75 Å². The number of methoxy groups -OCH3 is 1. The van der Waals surface area contributed by atoms with Crippen LogP contribution in [0.3, 0.4) is 0 Å². The van der Waals surface area contributed by atoms with Gasteiger partial charge in [0, 0.05) is 37.9 Å². The van der Waals surface area contributed by atoms with E-state index in [1.165, 1.54) is 29.6 Å². The molecule has 34 heavy (non-hydrogen) atoms. The molecule has 1 aliphatic heterocycles. The summed E-state index contributed by atoms with van der Waals surface area (Å²) >= 11 is 0. The van der Waals surface area contributed by atoms with Gasteiger partial charge in [-0.2, -0.15) is 4.31 Å². The zero-order valence-corrected chi connectivity index (χ0v) is 19.9. The molecule has 0 saturated carbocycles. The minimum Gasteiger partial charge on any atom is -0.497 e. The monoisotopic (exact) mass is 486 g/mol. The molecule has 1 fully saturated rings. The van der Waals surface area contributed by atoms with Gasteiger partial charge < -0.3 is 14.6 Å². The van der Waals surface area contributed by atoms with Gasteiger partial charge in [0.1, 0.15) is 17.4 Å². The molecule has 0 bridgehead atoms. The minimum absolute atomic E-state index is 0.156. The molecule has 4 rings (SSSR count). The topological polar surface area (TPSA) is 93.5 Å². The van der Waals surface area contributed by atoms with Crippen LogP contribution in [0, 0.1) is 18.7 Å². The third-order valence-corrected chi connectivity index (χ3v) is 8.00. The first-order valence-corrected chi connectivity index (χ1v) is 12.4. The number of nitrogens with one attached hydrogen (secondary N) is 1. The van der Waals surface area contributed by atoms with E-state index in [2.05, 4.69) is 10.3 Å². The van der Waals surface area contributed by atoms with Crippen LogP contribution in [0.25, 0.3) is 5.69 Å². The van der Waals surface area contributed by atoms with Crippen molar-refractivity contribution in [2.24, 2.45) is 5.92 Å². The van der Waals surface area contributed by atoms with Crippen LogP contribution < -0.4 is 10.1 Å². The Morgan fingerprint density at radius 1 is 1.18 bits per heavy atom. The number of halogens is 1. The molecule has 1 aliphatic rings. The molecule has 0 aliphatic carbocycles. The van der Waals surface area contributed by atoms with Crippen LogP contribution in [-0.4, -0.2) is 48.4 Å². The van der Waals surface area contributed by atoms with Gasteiger partial charge >= 0.3 is 0 Å². The largest absolute Gasteiger partial charge is 0.497 e. The number of imidazole rings is 1. The van der Waals surface area contributed by atoms with E-state index in [1.807, 2.05) is 0 Å². The van der Waals surface area contributed by atoms with Crippen molar-refractivity contribution in [2.75, 3.05) is 20.2 Å². The number of aryl methyl sites for hydroxylation is 1. The molecule has 1 N–H and O–H groups in total. The Kier molecular flexibility index (Phi) is 6.99. The fourth-order valence-corrected chi connectivity index (χ4v) is 5.55. The lowest BCUT2D eigenvalue weighted by atomic mass is 9.97. The van der Waals surface area contributed by atoms with Crippen molar-refractivity contribution in [3.8, 4) is 11.4 Å². The number of benzene rings is 2. The molecule has 1 aromatic heterocycles. The predicted molar refractivity (Wildman–Crippen MR) is 125 cm³/mol. The summed E-state index contributed by atoms with van der Waals surface area (Å²) in [4.78, 5) is 17.0. The maximum Gasteiger partial charge on any atom is 0.243 e. The first-order chi connectivity index (χ1) is 16.3. The molecule has 8 nitrogen and oxygen atoms in total. The van der Waals surface area contributed by atoms with Gasteiger partial charge in [-0.15, -0.1) is 0 Å². The molecular weight excluding hydrogens is 459 g/mol. The highest BCUT2D eigenvalue weighted by molar-refractivity contribution is 7.89. The summed E-state index contributed by atoms with van der Waals surface area (Å²) in [6.45, 7) is 2.52. The summed E-state index contributed by atoms with van der Waals surface area (Å²) in [6.07, 6.45) is 4.15.